The maximum Gasteiger partial charge on any atom is 0.122 e. The highest BCUT2D eigenvalue weighted by molar-refractivity contribution is 5.21. The summed E-state index contributed by atoms with van der Waals surface area (Å²) in [7, 11) is 4.05. The smallest absolute Gasteiger partial charge is 0.122 e. The standard InChI is InChI=1S/C19H27FN4O/c1-22(10-15-3-5-16(14-25)6-4-15)12-18-9-17(20)11-24(18)13-19-21-7-8-23(19)2/h3-8,17-18,25H,9-14H2,1-2H3/t17-,18-/m0/s1. The van der Waals surface area contributed by atoms with Gasteiger partial charge in [-0.05, 0) is 24.6 Å². The van der Waals surface area contributed by atoms with Crippen LogP contribution in [0.2, 0.25) is 0 Å². The van der Waals surface area contributed by atoms with Gasteiger partial charge in [0.1, 0.15) is 12.0 Å². The molecule has 3 rings (SSSR count). The quantitative estimate of drug-likeness (QED) is 0.832. The van der Waals surface area contributed by atoms with Gasteiger partial charge < -0.3 is 14.6 Å². The van der Waals surface area contributed by atoms with Crippen LogP contribution in [-0.2, 0) is 26.7 Å². The van der Waals surface area contributed by atoms with Gasteiger partial charge in [0.2, 0.25) is 0 Å². The van der Waals surface area contributed by atoms with Gasteiger partial charge >= 0.3 is 0 Å². The number of rotatable bonds is 7. The van der Waals surface area contributed by atoms with Crippen LogP contribution in [0, 0.1) is 0 Å². The van der Waals surface area contributed by atoms with Crippen molar-refractivity contribution in [2.45, 2.75) is 38.3 Å². The second-order valence-electron chi connectivity index (χ2n) is 7.04. The van der Waals surface area contributed by atoms with Gasteiger partial charge in [0.05, 0.1) is 13.2 Å². The summed E-state index contributed by atoms with van der Waals surface area (Å²) in [4.78, 5) is 8.81. The first kappa shape index (κ1) is 18.0. The molecule has 2 aromatic rings. The van der Waals surface area contributed by atoms with Crippen LogP contribution in [0.15, 0.2) is 36.7 Å². The van der Waals surface area contributed by atoms with Gasteiger partial charge in [0, 0.05) is 45.1 Å². The minimum Gasteiger partial charge on any atom is -0.392 e. The normalized spacial score (nSPS) is 21.3. The molecule has 25 heavy (non-hydrogen) atoms. The number of halogens is 1. The number of benzene rings is 1. The summed E-state index contributed by atoms with van der Waals surface area (Å²) in [5, 5.41) is 9.12. The Morgan fingerprint density at radius 3 is 2.64 bits per heavy atom. The summed E-state index contributed by atoms with van der Waals surface area (Å²) in [5.41, 5.74) is 2.12. The van der Waals surface area contributed by atoms with E-state index in [2.05, 4.69) is 21.8 Å². The van der Waals surface area contributed by atoms with Crippen LogP contribution in [0.5, 0.6) is 0 Å². The van der Waals surface area contributed by atoms with Crippen molar-refractivity contribution in [1.82, 2.24) is 19.4 Å². The first-order valence-corrected chi connectivity index (χ1v) is 8.76. The van der Waals surface area contributed by atoms with E-state index in [1.165, 1.54) is 5.56 Å². The minimum absolute atomic E-state index is 0.0677. The molecule has 0 bridgehead atoms. The Balaban J connectivity index is 1.58. The Kier molecular flexibility index (Phi) is 5.83. The molecule has 0 unspecified atom stereocenters. The van der Waals surface area contributed by atoms with Gasteiger partial charge in [-0.1, -0.05) is 24.3 Å². The zero-order valence-corrected chi connectivity index (χ0v) is 15.0. The van der Waals surface area contributed by atoms with E-state index in [0.29, 0.717) is 19.5 Å². The lowest BCUT2D eigenvalue weighted by Gasteiger charge is -2.28. The monoisotopic (exact) mass is 346 g/mol. The molecule has 0 radical (unpaired) electrons. The molecule has 1 N–H and O–H groups in total. The maximum atomic E-state index is 14.0. The fourth-order valence-electron chi connectivity index (χ4n) is 3.52. The summed E-state index contributed by atoms with van der Waals surface area (Å²) in [6.45, 7) is 2.88. The van der Waals surface area contributed by atoms with Gasteiger partial charge in [0.25, 0.3) is 0 Å². The molecule has 1 saturated heterocycles. The molecule has 1 aromatic heterocycles. The molecule has 0 saturated carbocycles. The average Bonchev–Trinajstić information content (AvgIpc) is 3.14. The molecule has 2 heterocycles. The van der Waals surface area contributed by atoms with Gasteiger partial charge in [-0.25, -0.2) is 9.37 Å². The average molecular weight is 346 g/mol. The molecule has 136 valence electrons. The van der Waals surface area contributed by atoms with Crippen LogP contribution >= 0.6 is 0 Å². The maximum absolute atomic E-state index is 14.0. The summed E-state index contributed by atoms with van der Waals surface area (Å²) < 4.78 is 16.0. The van der Waals surface area contributed by atoms with Crippen LogP contribution < -0.4 is 0 Å². The third kappa shape index (κ3) is 4.66. The number of imidazole rings is 1. The number of likely N-dealkylation sites (N-methyl/N-ethyl adjacent to an activating group) is 1. The van der Waals surface area contributed by atoms with Crippen LogP contribution in [0.3, 0.4) is 0 Å². The summed E-state index contributed by atoms with van der Waals surface area (Å²) in [6.07, 6.45) is 3.53. The molecule has 5 nitrogen and oxygen atoms in total. The van der Waals surface area contributed by atoms with E-state index in [-0.39, 0.29) is 12.6 Å². The molecule has 1 aromatic carbocycles. The Bertz CT molecular complexity index is 672. The first-order valence-electron chi connectivity index (χ1n) is 8.76. The van der Waals surface area contributed by atoms with E-state index < -0.39 is 6.17 Å². The molecule has 0 spiro atoms. The largest absolute Gasteiger partial charge is 0.392 e. The number of aromatic nitrogens is 2. The molecular formula is C19H27FN4O. The lowest BCUT2D eigenvalue weighted by Crippen LogP contribution is -2.38. The number of alkyl halides is 1. The van der Waals surface area contributed by atoms with Gasteiger partial charge in [-0.15, -0.1) is 0 Å². The van der Waals surface area contributed by atoms with Crippen LogP contribution in [0.1, 0.15) is 23.4 Å². The van der Waals surface area contributed by atoms with E-state index in [1.54, 1.807) is 6.20 Å². The van der Waals surface area contributed by atoms with Crippen molar-refractivity contribution in [2.75, 3.05) is 20.1 Å². The SMILES string of the molecule is CN(Cc1ccc(CO)cc1)C[C@@H]1C[C@H](F)CN1Cc1nccn1C. The zero-order chi connectivity index (χ0) is 17.8. The van der Waals surface area contributed by atoms with E-state index in [1.807, 2.05) is 42.1 Å². The highest BCUT2D eigenvalue weighted by Crippen LogP contribution is 2.23. The first-order chi connectivity index (χ1) is 12.0. The van der Waals surface area contributed by atoms with E-state index in [4.69, 9.17) is 5.11 Å². The van der Waals surface area contributed by atoms with Crippen molar-refractivity contribution in [3.8, 4) is 0 Å². The van der Waals surface area contributed by atoms with Crippen molar-refractivity contribution >= 4 is 0 Å². The second kappa shape index (κ2) is 8.08. The van der Waals surface area contributed by atoms with Crippen LogP contribution in [-0.4, -0.2) is 56.8 Å². The van der Waals surface area contributed by atoms with Gasteiger partial charge in [-0.2, -0.15) is 0 Å². The van der Waals surface area contributed by atoms with Crippen molar-refractivity contribution in [3.05, 3.63) is 53.6 Å². The predicted molar refractivity (Wildman–Crippen MR) is 95.6 cm³/mol. The number of hydrogen-bond acceptors (Lipinski definition) is 4. The van der Waals surface area contributed by atoms with Gasteiger partial charge in [0.15, 0.2) is 0 Å². The molecule has 1 aliphatic rings. The molecule has 1 fully saturated rings. The number of aryl methyl sites for hydroxylation is 1. The van der Waals surface area contributed by atoms with Crippen molar-refractivity contribution in [3.63, 3.8) is 0 Å². The Morgan fingerprint density at radius 2 is 2.00 bits per heavy atom. The minimum atomic E-state index is -0.762. The Hall–Kier alpha value is -1.76. The van der Waals surface area contributed by atoms with Crippen LogP contribution in [0.4, 0.5) is 4.39 Å². The van der Waals surface area contributed by atoms with Crippen molar-refractivity contribution in [2.24, 2.45) is 7.05 Å². The molecule has 2 atom stereocenters. The number of nitrogens with zero attached hydrogens (tertiary/aromatic N) is 4. The summed E-state index contributed by atoms with van der Waals surface area (Å²) in [5.74, 6) is 0.973. The third-order valence-electron chi connectivity index (χ3n) is 4.92. The zero-order valence-electron chi connectivity index (χ0n) is 15.0. The van der Waals surface area contributed by atoms with Crippen LogP contribution in [0.25, 0.3) is 0 Å². The fourth-order valence-corrected chi connectivity index (χ4v) is 3.52. The van der Waals surface area contributed by atoms with Gasteiger partial charge in [-0.3, -0.25) is 4.90 Å². The summed E-state index contributed by atoms with van der Waals surface area (Å²) in [6, 6.07) is 8.18. The second-order valence-corrected chi connectivity index (χ2v) is 7.04. The highest BCUT2D eigenvalue weighted by atomic mass is 19.1. The van der Waals surface area contributed by atoms with E-state index in [9.17, 15) is 4.39 Å². The number of aliphatic hydroxyl groups is 1. The molecule has 6 heteroatoms. The molecular weight excluding hydrogens is 319 g/mol. The Labute approximate surface area is 148 Å². The molecule has 0 amide bonds. The fraction of sp³-hybridized carbons (Fsp3) is 0.526. The topological polar surface area (TPSA) is 44.5 Å². The van der Waals surface area contributed by atoms with Crippen molar-refractivity contribution < 1.29 is 9.50 Å². The lowest BCUT2D eigenvalue weighted by atomic mass is 10.1. The predicted octanol–water partition coefficient (Wildman–Crippen LogP) is 1.96. The van der Waals surface area contributed by atoms with E-state index in [0.717, 1.165) is 24.5 Å². The van der Waals surface area contributed by atoms with E-state index >= 15 is 0 Å². The molecule has 1 aliphatic heterocycles. The van der Waals surface area contributed by atoms with Crippen molar-refractivity contribution in [1.29, 1.82) is 0 Å². The number of likely N-dealkylation sites (tertiary alicyclic amines) is 1. The third-order valence-corrected chi connectivity index (χ3v) is 4.92. The summed E-state index contributed by atoms with van der Waals surface area (Å²) >= 11 is 0. The Morgan fingerprint density at radius 1 is 1.28 bits per heavy atom. The number of aliphatic hydroxyl groups excluding tert-OH is 1. The lowest BCUT2D eigenvalue weighted by molar-refractivity contribution is 0.176. The highest BCUT2D eigenvalue weighted by Gasteiger charge is 2.33. The number of hydrogen-bond donors (Lipinski definition) is 1. The molecule has 0 aliphatic carbocycles.